The fraction of sp³-hybridized carbons (Fsp3) is 0.556. The van der Waals surface area contributed by atoms with Crippen molar-refractivity contribution >= 4 is 11.6 Å². The highest BCUT2D eigenvalue weighted by Gasteiger charge is 2.08. The van der Waals surface area contributed by atoms with Crippen molar-refractivity contribution in [3.8, 4) is 0 Å². The molecule has 0 bridgehead atoms. The van der Waals surface area contributed by atoms with Crippen LogP contribution in [0.4, 0.5) is 0 Å². The van der Waals surface area contributed by atoms with Gasteiger partial charge < -0.3 is 5.73 Å². The molecule has 1 aromatic heterocycles. The maximum Gasteiger partial charge on any atom is 0.285 e. The van der Waals surface area contributed by atoms with E-state index in [-0.39, 0.29) is 16.5 Å². The van der Waals surface area contributed by atoms with Gasteiger partial charge in [0.15, 0.2) is 0 Å². The molecule has 1 heterocycles. The van der Waals surface area contributed by atoms with Crippen molar-refractivity contribution in [2.24, 2.45) is 5.73 Å². The van der Waals surface area contributed by atoms with Gasteiger partial charge in [-0.2, -0.15) is 5.10 Å². The molecule has 14 heavy (non-hydrogen) atoms. The summed E-state index contributed by atoms with van der Waals surface area (Å²) in [6, 6.07) is 1.61. The van der Waals surface area contributed by atoms with E-state index in [4.69, 9.17) is 17.3 Å². The Morgan fingerprint density at radius 1 is 1.64 bits per heavy atom. The first kappa shape index (κ1) is 11.2. The quantitative estimate of drug-likeness (QED) is 0.818. The van der Waals surface area contributed by atoms with E-state index in [2.05, 4.69) is 5.10 Å². The van der Waals surface area contributed by atoms with Crippen molar-refractivity contribution in [3.63, 3.8) is 0 Å². The largest absolute Gasteiger partial charge is 0.329 e. The molecule has 1 aromatic rings. The Bertz CT molecular complexity index is 373. The summed E-state index contributed by atoms with van der Waals surface area (Å²) in [6.45, 7) is 4.77. The minimum atomic E-state index is -0.276. The Morgan fingerprint density at radius 2 is 2.29 bits per heavy atom. The van der Waals surface area contributed by atoms with E-state index in [9.17, 15) is 4.79 Å². The van der Waals surface area contributed by atoms with Gasteiger partial charge in [0.05, 0.1) is 12.2 Å². The smallest absolute Gasteiger partial charge is 0.285 e. The van der Waals surface area contributed by atoms with Crippen LogP contribution in [0.2, 0.25) is 5.02 Å². The molecule has 0 aliphatic heterocycles. The molecule has 0 amide bonds. The van der Waals surface area contributed by atoms with Crippen molar-refractivity contribution in [3.05, 3.63) is 27.1 Å². The van der Waals surface area contributed by atoms with E-state index in [1.165, 1.54) is 4.68 Å². The number of rotatable bonds is 3. The lowest BCUT2D eigenvalue weighted by atomic mass is 10.1. The van der Waals surface area contributed by atoms with Crippen LogP contribution in [0.5, 0.6) is 0 Å². The predicted octanol–water partition coefficient (Wildman–Crippen LogP) is 0.979. The molecular formula is C9H14ClN3O. The van der Waals surface area contributed by atoms with Gasteiger partial charge in [-0.1, -0.05) is 25.4 Å². The van der Waals surface area contributed by atoms with Crippen LogP contribution in [0, 0.1) is 0 Å². The number of hydrogen-bond donors (Lipinski definition) is 1. The Balaban J connectivity index is 3.21. The lowest BCUT2D eigenvalue weighted by molar-refractivity contribution is 0.563. The predicted molar refractivity (Wildman–Crippen MR) is 56.7 cm³/mol. The second-order valence-corrected chi connectivity index (χ2v) is 3.80. The Morgan fingerprint density at radius 3 is 2.79 bits per heavy atom. The number of nitrogens with zero attached hydrogens (tertiary/aromatic N) is 2. The molecule has 5 heteroatoms. The highest BCUT2D eigenvalue weighted by molar-refractivity contribution is 6.30. The Hall–Kier alpha value is -0.870. The summed E-state index contributed by atoms with van der Waals surface area (Å²) in [5.74, 6) is 0.247. The highest BCUT2D eigenvalue weighted by Crippen LogP contribution is 2.12. The molecule has 1 rings (SSSR count). The number of halogens is 1. The van der Waals surface area contributed by atoms with Crippen LogP contribution in [-0.2, 0) is 6.54 Å². The number of nitrogens with two attached hydrogens (primary N) is 1. The lowest BCUT2D eigenvalue weighted by Gasteiger charge is -2.08. The third kappa shape index (κ3) is 2.33. The molecule has 2 N–H and O–H groups in total. The van der Waals surface area contributed by atoms with E-state index in [0.29, 0.717) is 13.1 Å². The third-order valence-electron chi connectivity index (χ3n) is 1.88. The Kier molecular flexibility index (Phi) is 3.66. The van der Waals surface area contributed by atoms with E-state index >= 15 is 0 Å². The van der Waals surface area contributed by atoms with Crippen LogP contribution in [0.3, 0.4) is 0 Å². The standard InChI is InChI=1S/C9H14ClN3O/c1-6(2)8-5-7(10)9(14)13(12-8)4-3-11/h5-6H,3-4,11H2,1-2H3. The Labute approximate surface area is 87.7 Å². The van der Waals surface area contributed by atoms with Crippen LogP contribution >= 0.6 is 11.6 Å². The van der Waals surface area contributed by atoms with Gasteiger partial charge in [0.2, 0.25) is 0 Å². The molecule has 0 saturated heterocycles. The monoisotopic (exact) mass is 215 g/mol. The zero-order chi connectivity index (χ0) is 10.7. The first-order valence-corrected chi connectivity index (χ1v) is 4.91. The van der Waals surface area contributed by atoms with Crippen molar-refractivity contribution in [1.29, 1.82) is 0 Å². The summed E-state index contributed by atoms with van der Waals surface area (Å²) < 4.78 is 1.32. The van der Waals surface area contributed by atoms with Gasteiger partial charge in [-0.3, -0.25) is 4.79 Å². The maximum absolute atomic E-state index is 11.4. The van der Waals surface area contributed by atoms with Crippen molar-refractivity contribution in [1.82, 2.24) is 9.78 Å². The average Bonchev–Trinajstić information content (AvgIpc) is 2.12. The van der Waals surface area contributed by atoms with Crippen LogP contribution in [-0.4, -0.2) is 16.3 Å². The molecule has 0 aliphatic rings. The number of aromatic nitrogens is 2. The summed E-state index contributed by atoms with van der Waals surface area (Å²) in [5, 5.41) is 4.37. The second-order valence-electron chi connectivity index (χ2n) is 3.39. The SMILES string of the molecule is CC(C)c1cc(Cl)c(=O)n(CCN)n1. The molecule has 0 radical (unpaired) electrons. The first-order valence-electron chi connectivity index (χ1n) is 4.54. The number of hydrogen-bond acceptors (Lipinski definition) is 3. The third-order valence-corrected chi connectivity index (χ3v) is 2.15. The first-order chi connectivity index (χ1) is 6.56. The molecule has 0 spiro atoms. The summed E-state index contributed by atoms with van der Waals surface area (Å²) in [4.78, 5) is 11.4. The van der Waals surface area contributed by atoms with E-state index in [1.54, 1.807) is 6.07 Å². The molecule has 4 nitrogen and oxygen atoms in total. The second kappa shape index (κ2) is 4.57. The van der Waals surface area contributed by atoms with Crippen LogP contribution < -0.4 is 11.3 Å². The fourth-order valence-corrected chi connectivity index (χ4v) is 1.29. The molecule has 0 fully saturated rings. The molecule has 0 aromatic carbocycles. The minimum absolute atomic E-state index is 0.206. The molecule has 0 atom stereocenters. The maximum atomic E-state index is 11.4. The molecule has 0 unspecified atom stereocenters. The minimum Gasteiger partial charge on any atom is -0.329 e. The van der Waals surface area contributed by atoms with Gasteiger partial charge in [0, 0.05) is 6.54 Å². The summed E-state index contributed by atoms with van der Waals surface area (Å²) in [7, 11) is 0. The molecule has 0 saturated carbocycles. The molecular weight excluding hydrogens is 202 g/mol. The van der Waals surface area contributed by atoms with Gasteiger partial charge >= 0.3 is 0 Å². The zero-order valence-corrected chi connectivity index (χ0v) is 9.08. The van der Waals surface area contributed by atoms with E-state index < -0.39 is 0 Å². The lowest BCUT2D eigenvalue weighted by Crippen LogP contribution is -2.28. The van der Waals surface area contributed by atoms with Crippen LogP contribution in [0.15, 0.2) is 10.9 Å². The van der Waals surface area contributed by atoms with Crippen molar-refractivity contribution in [2.45, 2.75) is 26.3 Å². The molecule has 78 valence electrons. The normalized spacial score (nSPS) is 10.9. The van der Waals surface area contributed by atoms with E-state index in [0.717, 1.165) is 5.69 Å². The molecule has 0 aliphatic carbocycles. The van der Waals surface area contributed by atoms with Gasteiger partial charge in [-0.15, -0.1) is 0 Å². The van der Waals surface area contributed by atoms with Gasteiger partial charge in [0.1, 0.15) is 5.02 Å². The van der Waals surface area contributed by atoms with Crippen molar-refractivity contribution < 1.29 is 0 Å². The average molecular weight is 216 g/mol. The van der Waals surface area contributed by atoms with Gasteiger partial charge in [-0.05, 0) is 12.0 Å². The van der Waals surface area contributed by atoms with Crippen LogP contribution in [0.1, 0.15) is 25.5 Å². The van der Waals surface area contributed by atoms with Gasteiger partial charge in [-0.25, -0.2) is 4.68 Å². The van der Waals surface area contributed by atoms with Crippen LogP contribution in [0.25, 0.3) is 0 Å². The summed E-state index contributed by atoms with van der Waals surface area (Å²) >= 11 is 5.78. The van der Waals surface area contributed by atoms with Crippen molar-refractivity contribution in [2.75, 3.05) is 6.54 Å². The van der Waals surface area contributed by atoms with E-state index in [1.807, 2.05) is 13.8 Å². The highest BCUT2D eigenvalue weighted by atomic mass is 35.5. The summed E-state index contributed by atoms with van der Waals surface area (Å²) in [5.41, 5.74) is 5.89. The zero-order valence-electron chi connectivity index (χ0n) is 8.33. The summed E-state index contributed by atoms with van der Waals surface area (Å²) in [6.07, 6.45) is 0. The van der Waals surface area contributed by atoms with Gasteiger partial charge in [0.25, 0.3) is 5.56 Å². The fourth-order valence-electron chi connectivity index (χ4n) is 1.08. The topological polar surface area (TPSA) is 60.9 Å².